The van der Waals surface area contributed by atoms with Crippen LogP contribution in [0.3, 0.4) is 0 Å². The zero-order valence-electron chi connectivity index (χ0n) is 18.6. The van der Waals surface area contributed by atoms with Gasteiger partial charge in [0.2, 0.25) is 0 Å². The normalized spacial score (nSPS) is 12.0. The Kier molecular flexibility index (Phi) is 5.62. The highest BCUT2D eigenvalue weighted by atomic mass is 16.5. The van der Waals surface area contributed by atoms with E-state index in [0.717, 1.165) is 6.07 Å². The van der Waals surface area contributed by atoms with Gasteiger partial charge in [-0.25, -0.2) is 0 Å². The number of methoxy groups -OCH3 is 1. The zero-order valence-corrected chi connectivity index (χ0v) is 18.6. The van der Waals surface area contributed by atoms with Crippen molar-refractivity contribution in [3.05, 3.63) is 94.4 Å². The fourth-order valence-electron chi connectivity index (χ4n) is 4.24. The number of esters is 1. The van der Waals surface area contributed by atoms with E-state index < -0.39 is 23.1 Å². The second-order valence-corrected chi connectivity index (χ2v) is 8.01. The summed E-state index contributed by atoms with van der Waals surface area (Å²) in [5.41, 5.74) is 2.21. The molecule has 0 saturated heterocycles. The van der Waals surface area contributed by atoms with Crippen LogP contribution in [0.15, 0.2) is 82.3 Å². The number of rotatable bonds is 5. The smallest absolute Gasteiger partial charge is 0.306 e. The summed E-state index contributed by atoms with van der Waals surface area (Å²) in [5.74, 6) is -1.79. The monoisotopic (exact) mass is 468 g/mol. The van der Waals surface area contributed by atoms with E-state index in [4.69, 9.17) is 9.15 Å². The van der Waals surface area contributed by atoms with Crippen molar-refractivity contribution < 1.29 is 24.2 Å². The molecule has 8 nitrogen and oxygen atoms in total. The van der Waals surface area contributed by atoms with E-state index in [9.17, 15) is 19.8 Å². The summed E-state index contributed by atoms with van der Waals surface area (Å²) in [7, 11) is 1.27. The van der Waals surface area contributed by atoms with Gasteiger partial charge >= 0.3 is 5.97 Å². The van der Waals surface area contributed by atoms with E-state index in [-0.39, 0.29) is 34.5 Å². The van der Waals surface area contributed by atoms with Crippen molar-refractivity contribution in [3.63, 3.8) is 0 Å². The number of carbonyl (C=O) groups excluding carboxylic acids is 1. The summed E-state index contributed by atoms with van der Waals surface area (Å²) in [6.45, 7) is 0. The number of aromatic nitrogens is 2. The summed E-state index contributed by atoms with van der Waals surface area (Å²) in [5, 5.41) is 21.4. The molecule has 0 unspecified atom stereocenters. The summed E-state index contributed by atoms with van der Waals surface area (Å²) >= 11 is 0. The van der Waals surface area contributed by atoms with E-state index >= 15 is 0 Å². The van der Waals surface area contributed by atoms with Crippen LogP contribution in [0, 0.1) is 0 Å². The fourth-order valence-corrected chi connectivity index (χ4v) is 4.24. The third kappa shape index (κ3) is 4.06. The van der Waals surface area contributed by atoms with Gasteiger partial charge in [-0.15, -0.1) is 0 Å². The lowest BCUT2D eigenvalue weighted by atomic mass is 9.86. The molecule has 0 fully saturated rings. The Balaban J connectivity index is 1.81. The molecule has 0 spiro atoms. The zero-order chi connectivity index (χ0) is 24.5. The first-order valence-corrected chi connectivity index (χ1v) is 10.8. The lowest BCUT2D eigenvalue weighted by molar-refractivity contribution is -0.140. The lowest BCUT2D eigenvalue weighted by Gasteiger charge is -2.20. The van der Waals surface area contributed by atoms with Crippen LogP contribution in [-0.2, 0) is 9.53 Å². The highest BCUT2D eigenvalue weighted by molar-refractivity contribution is 5.91. The number of carbonyl (C=O) groups is 1. The van der Waals surface area contributed by atoms with Gasteiger partial charge in [-0.1, -0.05) is 36.4 Å². The van der Waals surface area contributed by atoms with Gasteiger partial charge in [-0.3, -0.25) is 19.6 Å². The topological polar surface area (TPSA) is 123 Å². The number of phenols is 2. The van der Waals surface area contributed by atoms with Crippen molar-refractivity contribution in [2.75, 3.05) is 7.11 Å². The fraction of sp³-hybridized carbons (Fsp3) is 0.111. The third-order valence-electron chi connectivity index (χ3n) is 5.90. The molecule has 0 radical (unpaired) electrons. The quantitative estimate of drug-likeness (QED) is 0.361. The van der Waals surface area contributed by atoms with Gasteiger partial charge < -0.3 is 19.4 Å². The second-order valence-electron chi connectivity index (χ2n) is 8.01. The largest absolute Gasteiger partial charge is 0.507 e. The Morgan fingerprint density at radius 3 is 2.46 bits per heavy atom. The van der Waals surface area contributed by atoms with Gasteiger partial charge in [0.05, 0.1) is 24.6 Å². The highest BCUT2D eigenvalue weighted by Gasteiger charge is 2.28. The number of phenolic OH excluding ortho intramolecular Hbond substituents is 2. The molecule has 2 N–H and O–H groups in total. The predicted molar refractivity (Wildman–Crippen MR) is 129 cm³/mol. The Morgan fingerprint density at radius 2 is 1.71 bits per heavy atom. The van der Waals surface area contributed by atoms with Gasteiger partial charge in [-0.05, 0) is 17.7 Å². The van der Waals surface area contributed by atoms with Gasteiger partial charge in [0.15, 0.2) is 5.43 Å². The molecule has 0 saturated carbocycles. The molecule has 5 aromatic rings. The Hall–Kier alpha value is -4.72. The van der Waals surface area contributed by atoms with Crippen LogP contribution in [0.5, 0.6) is 11.5 Å². The number of nitrogens with zero attached hydrogens (tertiary/aromatic N) is 2. The minimum Gasteiger partial charge on any atom is -0.507 e. The lowest BCUT2D eigenvalue weighted by Crippen LogP contribution is -2.12. The van der Waals surface area contributed by atoms with Crippen molar-refractivity contribution in [2.45, 2.75) is 12.3 Å². The molecule has 5 rings (SSSR count). The average molecular weight is 468 g/mol. The molecule has 1 atom stereocenters. The van der Waals surface area contributed by atoms with Crippen molar-refractivity contribution >= 4 is 28.0 Å². The van der Waals surface area contributed by atoms with Gasteiger partial charge in [0.1, 0.15) is 28.2 Å². The maximum absolute atomic E-state index is 13.1. The summed E-state index contributed by atoms with van der Waals surface area (Å²) in [6.07, 6.45) is 2.97. The molecule has 0 aliphatic rings. The number of hydrogen-bond acceptors (Lipinski definition) is 8. The number of aromatic hydroxyl groups is 2. The molecular formula is C27H20N2O6. The van der Waals surface area contributed by atoms with Crippen molar-refractivity contribution in [1.82, 2.24) is 9.97 Å². The average Bonchev–Trinajstić information content (AvgIpc) is 2.87. The van der Waals surface area contributed by atoms with Crippen LogP contribution < -0.4 is 5.43 Å². The predicted octanol–water partition coefficient (Wildman–Crippen LogP) is 4.51. The van der Waals surface area contributed by atoms with E-state index in [2.05, 4.69) is 9.97 Å². The van der Waals surface area contributed by atoms with E-state index in [1.807, 2.05) is 6.07 Å². The van der Waals surface area contributed by atoms with Crippen molar-refractivity contribution in [2.24, 2.45) is 0 Å². The minimum absolute atomic E-state index is 0.0120. The summed E-state index contributed by atoms with van der Waals surface area (Å²) in [6, 6.07) is 16.7. The first kappa shape index (κ1) is 22.1. The van der Waals surface area contributed by atoms with Crippen LogP contribution in [0.2, 0.25) is 0 Å². The van der Waals surface area contributed by atoms with Crippen LogP contribution in [0.25, 0.3) is 33.3 Å². The van der Waals surface area contributed by atoms with Gasteiger partial charge in [0, 0.05) is 41.6 Å². The Bertz CT molecular complexity index is 1630. The summed E-state index contributed by atoms with van der Waals surface area (Å²) in [4.78, 5) is 34.1. The SMILES string of the molecule is COC(=O)C[C@@H](c1ccc2nccnc2c1)c1c(O)cc(O)c2c(=O)cc(-c3ccccc3)oc12. The molecule has 3 aromatic carbocycles. The minimum atomic E-state index is -0.772. The standard InChI is InChI=1S/C27H20N2O6/c1-34-24(33)12-17(16-7-8-18-19(11-16)29-10-9-28-18)25-20(30)13-21(31)26-22(32)14-23(35-27(25)26)15-5-3-2-4-6-15/h2-11,13-14,17,30-31H,12H2,1H3/t17-/m0/s1. The molecule has 8 heteroatoms. The second kappa shape index (κ2) is 8.90. The van der Waals surface area contributed by atoms with Gasteiger partial charge in [-0.2, -0.15) is 0 Å². The molecule has 0 aliphatic carbocycles. The number of fused-ring (bicyclic) bond motifs is 2. The first-order valence-electron chi connectivity index (χ1n) is 10.8. The number of hydrogen-bond donors (Lipinski definition) is 2. The molecule has 35 heavy (non-hydrogen) atoms. The number of benzene rings is 3. The molecule has 2 heterocycles. The Labute approximate surface area is 199 Å². The van der Waals surface area contributed by atoms with E-state index in [1.54, 1.807) is 54.9 Å². The number of ether oxygens (including phenoxy) is 1. The molecular weight excluding hydrogens is 448 g/mol. The maximum Gasteiger partial charge on any atom is 0.306 e. The first-order chi connectivity index (χ1) is 17.0. The summed E-state index contributed by atoms with van der Waals surface area (Å²) < 4.78 is 11.0. The van der Waals surface area contributed by atoms with Crippen LogP contribution >= 0.6 is 0 Å². The van der Waals surface area contributed by atoms with E-state index in [1.165, 1.54) is 13.2 Å². The van der Waals surface area contributed by atoms with Crippen LogP contribution in [-0.4, -0.2) is 33.3 Å². The molecule has 2 aromatic heterocycles. The third-order valence-corrected chi connectivity index (χ3v) is 5.90. The van der Waals surface area contributed by atoms with Crippen LogP contribution in [0.1, 0.15) is 23.5 Å². The van der Waals surface area contributed by atoms with Crippen LogP contribution in [0.4, 0.5) is 0 Å². The van der Waals surface area contributed by atoms with Gasteiger partial charge in [0.25, 0.3) is 0 Å². The maximum atomic E-state index is 13.1. The molecule has 0 bridgehead atoms. The molecule has 0 amide bonds. The molecule has 174 valence electrons. The Morgan fingerprint density at radius 1 is 0.971 bits per heavy atom. The van der Waals surface area contributed by atoms with Crippen molar-refractivity contribution in [3.8, 4) is 22.8 Å². The highest BCUT2D eigenvalue weighted by Crippen LogP contribution is 2.43. The molecule has 0 aliphatic heterocycles. The van der Waals surface area contributed by atoms with E-state index in [0.29, 0.717) is 22.2 Å². The van der Waals surface area contributed by atoms with Crippen molar-refractivity contribution in [1.29, 1.82) is 0 Å².